The standard InChI is InChI=1S/C7H8.2CH3.2Hg.H2N2O2S/c1-7-5-3-2-4-6-7;;;;;1-5(2,3)4/h2-6H,1H3;2*1H3;;;(H2,1,3,4). The quantitative estimate of drug-likeness (QED) is 0.524. The Morgan fingerprint density at radius 1 is 1.12 bits per heavy atom. The fourth-order valence-electron chi connectivity index (χ4n) is 1.12. The summed E-state index contributed by atoms with van der Waals surface area (Å²) in [6.45, 7) is 2.08. The molecule has 0 radical (unpaired) electrons. The Labute approximate surface area is 124 Å². The van der Waals surface area contributed by atoms with Crippen molar-refractivity contribution in [3.8, 4) is 0 Å². The monoisotopic (exact) mass is 620 g/mol. The van der Waals surface area contributed by atoms with Crippen molar-refractivity contribution in [2.45, 2.75) is 15.8 Å². The first-order valence-corrected chi connectivity index (χ1v) is 22.6. The molecule has 2 N–H and O–H groups in total. The molecule has 0 aliphatic heterocycles. The zero-order chi connectivity index (χ0) is 12.6. The Bertz CT molecular complexity index is 380. The van der Waals surface area contributed by atoms with Gasteiger partial charge in [-0.05, 0) is 6.92 Å². The van der Waals surface area contributed by atoms with Gasteiger partial charge in [0.15, 0.2) is 0 Å². The molecule has 1 aromatic carbocycles. The number of aryl methyl sites for hydroxylation is 1. The molecule has 0 aliphatic rings. The van der Waals surface area contributed by atoms with E-state index < -0.39 is 60.0 Å². The Balaban J connectivity index is 0.000000288. The normalized spacial score (nSPS) is 9.81. The summed E-state index contributed by atoms with van der Waals surface area (Å²) < 4.78 is 26.9. The van der Waals surface area contributed by atoms with Crippen LogP contribution < -0.4 is 5.14 Å². The number of nitrogens with two attached hydrogens (primary N) is 1. The first kappa shape index (κ1) is 17.0. The zero-order valence-corrected chi connectivity index (χ0v) is 21.9. The summed E-state index contributed by atoms with van der Waals surface area (Å²) in [4.78, 5) is 0. The molecular weight excluding hydrogens is 601 g/mol. The van der Waals surface area contributed by atoms with Crippen LogP contribution in [0.1, 0.15) is 5.56 Å². The Morgan fingerprint density at radius 3 is 1.69 bits per heavy atom. The molecule has 0 bridgehead atoms. The van der Waals surface area contributed by atoms with Crippen LogP contribution in [0.15, 0.2) is 30.3 Å². The average Bonchev–Trinajstić information content (AvgIpc) is 2.19. The molecule has 0 saturated carbocycles. The molecule has 0 aromatic heterocycles. The first-order valence-electron chi connectivity index (χ1n) is 5.21. The number of rotatable bonds is 3. The van der Waals surface area contributed by atoms with Crippen LogP contribution in [0.25, 0.3) is 0 Å². The van der Waals surface area contributed by atoms with Crippen molar-refractivity contribution in [1.82, 2.24) is -0.167 Å². The number of benzene rings is 1. The van der Waals surface area contributed by atoms with Crippen molar-refractivity contribution in [3.05, 3.63) is 35.9 Å². The van der Waals surface area contributed by atoms with Gasteiger partial charge in [-0.15, -0.1) is 0 Å². The summed E-state index contributed by atoms with van der Waals surface area (Å²) in [6, 6.07) is 10.3. The molecule has 16 heavy (non-hydrogen) atoms. The second-order valence-corrected chi connectivity index (χ2v) is 32.8. The van der Waals surface area contributed by atoms with Crippen molar-refractivity contribution < 1.29 is 58.2 Å². The van der Waals surface area contributed by atoms with Gasteiger partial charge in [-0.3, -0.25) is 0 Å². The minimum atomic E-state index is -3.23. The molecule has 0 fully saturated rings. The van der Waals surface area contributed by atoms with Gasteiger partial charge < -0.3 is 0 Å². The predicted molar refractivity (Wildman–Crippen MR) is 57.9 cm³/mol. The van der Waals surface area contributed by atoms with Crippen LogP contribution in [0.3, 0.4) is 0 Å². The van der Waals surface area contributed by atoms with Gasteiger partial charge in [0.1, 0.15) is 0 Å². The van der Waals surface area contributed by atoms with E-state index in [2.05, 4.69) is 19.1 Å². The molecule has 0 unspecified atom stereocenters. The molecule has 0 heterocycles. The Morgan fingerprint density at radius 2 is 1.56 bits per heavy atom. The van der Waals surface area contributed by atoms with Crippen LogP contribution in [0.4, 0.5) is 0 Å². The van der Waals surface area contributed by atoms with Crippen LogP contribution >= 0.6 is 0 Å². The van der Waals surface area contributed by atoms with Gasteiger partial charge in [0.25, 0.3) is 0 Å². The molecular formula is C9H16Hg2N2O2S. The molecule has 84 valence electrons. The van der Waals surface area contributed by atoms with E-state index in [9.17, 15) is 8.42 Å². The molecule has 1 rings (SSSR count). The average molecular weight is 617 g/mol. The van der Waals surface area contributed by atoms with E-state index in [0.717, 1.165) is 0 Å². The van der Waals surface area contributed by atoms with Gasteiger partial charge in [-0.1, -0.05) is 35.9 Å². The van der Waals surface area contributed by atoms with Gasteiger partial charge in [-0.25, -0.2) is 0 Å². The van der Waals surface area contributed by atoms with Crippen LogP contribution in [0.2, 0.25) is 8.86 Å². The van der Waals surface area contributed by atoms with Crippen molar-refractivity contribution in [2.24, 2.45) is 5.14 Å². The molecule has 4 nitrogen and oxygen atoms in total. The van der Waals surface area contributed by atoms with Crippen molar-refractivity contribution >= 4 is 10.2 Å². The van der Waals surface area contributed by atoms with E-state index in [1.165, 1.54) is 5.56 Å². The fraction of sp³-hybridized carbons (Fsp3) is 0.333. The second-order valence-electron chi connectivity index (χ2n) is 3.28. The van der Waals surface area contributed by atoms with E-state index in [-0.39, 0.29) is 0 Å². The van der Waals surface area contributed by atoms with Crippen LogP contribution in [0.5, 0.6) is 0 Å². The van der Waals surface area contributed by atoms with E-state index in [0.29, 0.717) is 0 Å². The second kappa shape index (κ2) is 8.97. The number of hydrogen-bond acceptors (Lipinski definition) is 2. The van der Waals surface area contributed by atoms with Gasteiger partial charge >= 0.3 is 82.2 Å². The molecule has 7 heteroatoms. The number of nitrogens with zero attached hydrogens (tertiary/aromatic N) is 1. The summed E-state index contributed by atoms with van der Waals surface area (Å²) in [5.74, 6) is 0. The zero-order valence-electron chi connectivity index (χ0n) is 10.1. The van der Waals surface area contributed by atoms with Crippen LogP contribution in [0, 0.1) is 6.92 Å². The summed E-state index contributed by atoms with van der Waals surface area (Å²) in [5, 5.41) is 4.91. The Hall–Kier alpha value is 0.960. The maximum absolute atomic E-state index is 10.6. The third-order valence-corrected chi connectivity index (χ3v) is 51.6. The Kier molecular flexibility index (Phi) is 9.50. The summed E-state index contributed by atoms with van der Waals surface area (Å²) in [6.07, 6.45) is 0. The molecule has 0 spiro atoms. The molecule has 0 saturated heterocycles. The minimum absolute atomic E-state index is 1.21. The molecule has 0 aliphatic carbocycles. The summed E-state index contributed by atoms with van der Waals surface area (Å²) in [7, 11) is -3.23. The fourth-order valence-corrected chi connectivity index (χ4v) is 27.2. The molecule has 0 amide bonds. The first-order chi connectivity index (χ1) is 7.41. The maximum atomic E-state index is 10.6. The third kappa shape index (κ3) is 8.11. The van der Waals surface area contributed by atoms with Gasteiger partial charge in [0.2, 0.25) is 0 Å². The predicted octanol–water partition coefficient (Wildman–Crippen LogP) is 1.58. The van der Waals surface area contributed by atoms with Crippen LogP contribution in [-0.2, 0) is 60.0 Å². The SMILES string of the molecule is Cc1ccccc1.[CH3][Hg][N]([Hg][CH3])S(N)(=O)=O. The van der Waals surface area contributed by atoms with Crippen molar-refractivity contribution in [2.75, 3.05) is 0 Å². The van der Waals surface area contributed by atoms with Crippen molar-refractivity contribution in [3.63, 3.8) is 0 Å². The van der Waals surface area contributed by atoms with E-state index in [1.807, 2.05) is 27.1 Å². The molecule has 0 atom stereocenters. The number of hydrogen-bond donors (Lipinski definition) is 1. The van der Waals surface area contributed by atoms with Gasteiger partial charge in [-0.2, -0.15) is 0 Å². The van der Waals surface area contributed by atoms with Gasteiger partial charge in [0, 0.05) is 0 Å². The van der Waals surface area contributed by atoms with Crippen LogP contribution in [-0.4, -0.2) is 8.25 Å². The van der Waals surface area contributed by atoms with Crippen molar-refractivity contribution in [1.29, 1.82) is 0 Å². The van der Waals surface area contributed by atoms with E-state index in [4.69, 9.17) is 5.14 Å². The summed E-state index contributed by atoms with van der Waals surface area (Å²) >= 11 is -2.43. The summed E-state index contributed by atoms with van der Waals surface area (Å²) in [5.41, 5.74) is 1.32. The van der Waals surface area contributed by atoms with Gasteiger partial charge in [0.05, 0.1) is 0 Å². The van der Waals surface area contributed by atoms with E-state index in [1.54, 1.807) is -0.167 Å². The third-order valence-electron chi connectivity index (χ3n) is 2.01. The molecule has 1 aromatic rings. The van der Waals surface area contributed by atoms with E-state index >= 15 is 0 Å². The topological polar surface area (TPSA) is 63.4 Å².